The molecule has 6 nitrogen and oxygen atoms in total. The van der Waals surface area contributed by atoms with Crippen molar-refractivity contribution < 1.29 is 28.6 Å². The topological polar surface area (TPSA) is 78.9 Å². The predicted octanol–water partition coefficient (Wildman–Crippen LogP) is 16.0. The highest BCUT2D eigenvalue weighted by molar-refractivity contribution is 5.71. The van der Waals surface area contributed by atoms with Crippen LogP contribution in [0.2, 0.25) is 0 Å². The van der Waals surface area contributed by atoms with Gasteiger partial charge in [-0.05, 0) is 70.6 Å². The van der Waals surface area contributed by atoms with E-state index >= 15 is 0 Å². The fraction of sp³-hybridized carbons (Fsp3) is 0.863. The summed E-state index contributed by atoms with van der Waals surface area (Å²) >= 11 is 0. The number of hydrogen-bond acceptors (Lipinski definition) is 6. The molecule has 0 radical (unpaired) electrons. The van der Waals surface area contributed by atoms with Gasteiger partial charge in [0, 0.05) is 19.3 Å². The van der Waals surface area contributed by atoms with Crippen LogP contribution in [0.4, 0.5) is 0 Å². The second-order valence-corrected chi connectivity index (χ2v) is 16.7. The molecule has 334 valence electrons. The van der Waals surface area contributed by atoms with Gasteiger partial charge in [-0.25, -0.2) is 0 Å². The van der Waals surface area contributed by atoms with Crippen molar-refractivity contribution in [2.24, 2.45) is 0 Å². The lowest BCUT2D eigenvalue weighted by atomic mass is 10.0. The Morgan fingerprint density at radius 2 is 0.579 bits per heavy atom. The van der Waals surface area contributed by atoms with Crippen molar-refractivity contribution in [3.05, 3.63) is 24.3 Å². The molecule has 0 saturated carbocycles. The largest absolute Gasteiger partial charge is 0.462 e. The van der Waals surface area contributed by atoms with Crippen LogP contribution in [-0.2, 0) is 28.6 Å². The minimum atomic E-state index is -0.773. The molecule has 57 heavy (non-hydrogen) atoms. The standard InChI is InChI=1S/C51H94O6/c1-4-7-10-13-16-19-22-25-26-27-30-32-35-38-41-44-50(53)56-47-48(57-51(54)45-42-39-36-33-29-24-21-18-15-12-9-6-3)46-55-49(52)43-40-37-34-31-28-23-20-17-14-11-8-5-2/h18,21,25-26,48H,4-17,19-20,22-24,27-47H2,1-3H3/b21-18-,26-25-. The van der Waals surface area contributed by atoms with E-state index in [1.54, 1.807) is 0 Å². The molecular formula is C51H94O6. The summed E-state index contributed by atoms with van der Waals surface area (Å²) in [6.07, 6.45) is 51.5. The van der Waals surface area contributed by atoms with Crippen LogP contribution in [-0.4, -0.2) is 37.2 Å². The third-order valence-corrected chi connectivity index (χ3v) is 10.9. The van der Waals surface area contributed by atoms with Crippen LogP contribution in [0.1, 0.15) is 265 Å². The van der Waals surface area contributed by atoms with Gasteiger partial charge in [0.2, 0.25) is 0 Å². The molecule has 0 spiro atoms. The maximum atomic E-state index is 12.7. The van der Waals surface area contributed by atoms with Crippen LogP contribution in [0.15, 0.2) is 24.3 Å². The molecule has 0 saturated heterocycles. The molecule has 1 atom stereocenters. The lowest BCUT2D eigenvalue weighted by Gasteiger charge is -2.18. The van der Waals surface area contributed by atoms with E-state index in [1.165, 1.54) is 154 Å². The molecule has 0 aliphatic carbocycles. The van der Waals surface area contributed by atoms with Gasteiger partial charge in [0.25, 0.3) is 0 Å². The molecule has 0 aromatic heterocycles. The monoisotopic (exact) mass is 803 g/mol. The number of carbonyl (C=O) groups is 3. The van der Waals surface area contributed by atoms with Gasteiger partial charge in [0.15, 0.2) is 6.10 Å². The van der Waals surface area contributed by atoms with E-state index in [2.05, 4.69) is 45.1 Å². The molecule has 0 heterocycles. The molecular weight excluding hydrogens is 709 g/mol. The molecule has 0 N–H and O–H groups in total. The summed E-state index contributed by atoms with van der Waals surface area (Å²) in [6.45, 7) is 6.61. The predicted molar refractivity (Wildman–Crippen MR) is 243 cm³/mol. The first kappa shape index (κ1) is 54.9. The number of ether oxygens (including phenoxy) is 3. The minimum Gasteiger partial charge on any atom is -0.462 e. The average Bonchev–Trinajstić information content (AvgIpc) is 3.21. The number of hydrogen-bond donors (Lipinski definition) is 0. The van der Waals surface area contributed by atoms with E-state index in [0.717, 1.165) is 70.6 Å². The zero-order chi connectivity index (χ0) is 41.5. The first-order valence-electron chi connectivity index (χ1n) is 24.8. The molecule has 0 aromatic rings. The normalized spacial score (nSPS) is 12.1. The van der Waals surface area contributed by atoms with Gasteiger partial charge in [-0.15, -0.1) is 0 Å². The van der Waals surface area contributed by atoms with Crippen LogP contribution in [0.5, 0.6) is 0 Å². The van der Waals surface area contributed by atoms with E-state index in [4.69, 9.17) is 14.2 Å². The molecule has 0 aliphatic rings. The fourth-order valence-electron chi connectivity index (χ4n) is 7.14. The number of allylic oxidation sites excluding steroid dienone is 4. The smallest absolute Gasteiger partial charge is 0.306 e. The van der Waals surface area contributed by atoms with Crippen molar-refractivity contribution >= 4 is 17.9 Å². The Morgan fingerprint density at radius 3 is 0.912 bits per heavy atom. The van der Waals surface area contributed by atoms with Crippen molar-refractivity contribution in [2.45, 2.75) is 271 Å². The highest BCUT2D eigenvalue weighted by atomic mass is 16.6. The highest BCUT2D eigenvalue weighted by Gasteiger charge is 2.19. The Balaban J connectivity index is 4.36. The number of rotatable bonds is 45. The zero-order valence-corrected chi connectivity index (χ0v) is 38.1. The molecule has 0 fully saturated rings. The second kappa shape index (κ2) is 46.6. The van der Waals surface area contributed by atoms with Gasteiger partial charge in [0.1, 0.15) is 13.2 Å². The Hall–Kier alpha value is -2.11. The SMILES string of the molecule is CCCCC/C=C\CCCCCCCC(=O)OC(COC(=O)CCCCCCC/C=C\CCCCCCCC)COC(=O)CCCCCCCCCCCCCC. The molecule has 0 amide bonds. The molecule has 6 heteroatoms. The van der Waals surface area contributed by atoms with Crippen LogP contribution >= 0.6 is 0 Å². The van der Waals surface area contributed by atoms with E-state index in [9.17, 15) is 14.4 Å². The summed E-state index contributed by atoms with van der Waals surface area (Å²) in [4.78, 5) is 37.8. The minimum absolute atomic E-state index is 0.0739. The van der Waals surface area contributed by atoms with Crippen molar-refractivity contribution in [3.63, 3.8) is 0 Å². The molecule has 1 unspecified atom stereocenters. The molecule has 0 rings (SSSR count). The number of carbonyl (C=O) groups excluding carboxylic acids is 3. The van der Waals surface area contributed by atoms with Gasteiger partial charge in [-0.3, -0.25) is 14.4 Å². The van der Waals surface area contributed by atoms with Crippen LogP contribution in [0, 0.1) is 0 Å². The molecule has 0 aromatic carbocycles. The Morgan fingerprint density at radius 1 is 0.333 bits per heavy atom. The van der Waals surface area contributed by atoms with E-state index < -0.39 is 6.10 Å². The maximum Gasteiger partial charge on any atom is 0.306 e. The Labute approximate surface area is 353 Å². The Kier molecular flexibility index (Phi) is 44.9. The van der Waals surface area contributed by atoms with Gasteiger partial charge < -0.3 is 14.2 Å². The number of esters is 3. The highest BCUT2D eigenvalue weighted by Crippen LogP contribution is 2.15. The van der Waals surface area contributed by atoms with Crippen LogP contribution < -0.4 is 0 Å². The van der Waals surface area contributed by atoms with Crippen molar-refractivity contribution in [1.82, 2.24) is 0 Å². The first-order valence-corrected chi connectivity index (χ1v) is 24.8. The quantitative estimate of drug-likeness (QED) is 0.0264. The molecule has 0 aliphatic heterocycles. The number of unbranched alkanes of at least 4 members (excludes halogenated alkanes) is 30. The average molecular weight is 803 g/mol. The summed E-state index contributed by atoms with van der Waals surface area (Å²) in [5.41, 5.74) is 0. The summed E-state index contributed by atoms with van der Waals surface area (Å²) in [6, 6.07) is 0. The zero-order valence-electron chi connectivity index (χ0n) is 38.1. The summed E-state index contributed by atoms with van der Waals surface area (Å²) in [5, 5.41) is 0. The summed E-state index contributed by atoms with van der Waals surface area (Å²) in [7, 11) is 0. The van der Waals surface area contributed by atoms with E-state index in [1.807, 2.05) is 0 Å². The van der Waals surface area contributed by atoms with Crippen molar-refractivity contribution in [1.29, 1.82) is 0 Å². The van der Waals surface area contributed by atoms with Crippen molar-refractivity contribution in [2.75, 3.05) is 13.2 Å². The van der Waals surface area contributed by atoms with E-state index in [0.29, 0.717) is 19.3 Å². The van der Waals surface area contributed by atoms with Gasteiger partial charge in [-0.2, -0.15) is 0 Å². The third kappa shape index (κ3) is 44.8. The summed E-state index contributed by atoms with van der Waals surface area (Å²) in [5.74, 6) is -0.883. The van der Waals surface area contributed by atoms with Gasteiger partial charge >= 0.3 is 17.9 Å². The lowest BCUT2D eigenvalue weighted by Crippen LogP contribution is -2.30. The van der Waals surface area contributed by atoms with Crippen molar-refractivity contribution in [3.8, 4) is 0 Å². The molecule has 0 bridgehead atoms. The van der Waals surface area contributed by atoms with Crippen LogP contribution in [0.25, 0.3) is 0 Å². The maximum absolute atomic E-state index is 12.7. The third-order valence-electron chi connectivity index (χ3n) is 10.9. The van der Waals surface area contributed by atoms with Gasteiger partial charge in [-0.1, -0.05) is 199 Å². The first-order chi connectivity index (χ1) is 28.0. The van der Waals surface area contributed by atoms with Gasteiger partial charge in [0.05, 0.1) is 0 Å². The van der Waals surface area contributed by atoms with Crippen LogP contribution in [0.3, 0.4) is 0 Å². The fourth-order valence-corrected chi connectivity index (χ4v) is 7.14. The lowest BCUT2D eigenvalue weighted by molar-refractivity contribution is -0.167. The Bertz CT molecular complexity index is 927. The second-order valence-electron chi connectivity index (χ2n) is 16.7. The van der Waals surface area contributed by atoms with E-state index in [-0.39, 0.29) is 31.1 Å². The summed E-state index contributed by atoms with van der Waals surface area (Å²) < 4.78 is 16.7.